The van der Waals surface area contributed by atoms with Crippen molar-refractivity contribution in [2.45, 2.75) is 4.90 Å². The van der Waals surface area contributed by atoms with Crippen LogP contribution in [0.25, 0.3) is 0 Å². The van der Waals surface area contributed by atoms with E-state index in [2.05, 4.69) is 4.72 Å². The zero-order valence-electron chi connectivity index (χ0n) is 9.97. The summed E-state index contributed by atoms with van der Waals surface area (Å²) in [5.41, 5.74) is 0.212. The van der Waals surface area contributed by atoms with Gasteiger partial charge in [0.05, 0.1) is 16.1 Å². The molecule has 0 aliphatic heterocycles. The molecule has 2 rings (SSSR count). The smallest absolute Gasteiger partial charge is 0.261 e. The molecule has 0 aliphatic carbocycles. The summed E-state index contributed by atoms with van der Waals surface area (Å²) in [5, 5.41) is 9.23. The highest BCUT2D eigenvalue weighted by molar-refractivity contribution is 7.92. The average Bonchev–Trinajstić information content (AvgIpc) is 2.39. The molecular weight excluding hydrogens is 303 g/mol. The van der Waals surface area contributed by atoms with Crippen molar-refractivity contribution in [1.29, 1.82) is 5.26 Å². The lowest BCUT2D eigenvalue weighted by molar-refractivity contribution is 0.599. The van der Waals surface area contributed by atoms with Crippen LogP contribution in [-0.2, 0) is 10.0 Å². The molecule has 4 nitrogen and oxygen atoms in total. The van der Waals surface area contributed by atoms with E-state index in [0.29, 0.717) is 5.02 Å². The molecule has 2 aromatic carbocycles. The van der Waals surface area contributed by atoms with Crippen LogP contribution in [0.2, 0.25) is 5.02 Å². The first-order valence-corrected chi connectivity index (χ1v) is 7.26. The van der Waals surface area contributed by atoms with Gasteiger partial charge >= 0.3 is 0 Å². The molecule has 0 aliphatic rings. The third kappa shape index (κ3) is 3.07. The van der Waals surface area contributed by atoms with E-state index < -0.39 is 15.8 Å². The topological polar surface area (TPSA) is 70.0 Å². The van der Waals surface area contributed by atoms with Gasteiger partial charge in [0, 0.05) is 5.02 Å². The fraction of sp³-hybridized carbons (Fsp3) is 0. The Morgan fingerprint density at radius 2 is 1.80 bits per heavy atom. The van der Waals surface area contributed by atoms with Crippen molar-refractivity contribution in [3.8, 4) is 6.07 Å². The van der Waals surface area contributed by atoms with Crippen LogP contribution in [0.5, 0.6) is 0 Å². The SMILES string of the molecule is N#Cc1ccc(Cl)cc1NS(=O)(=O)c1ccc(F)cc1. The monoisotopic (exact) mass is 310 g/mol. The van der Waals surface area contributed by atoms with Crippen LogP contribution >= 0.6 is 11.6 Å². The summed E-state index contributed by atoms with van der Waals surface area (Å²) < 4.78 is 39.3. The lowest BCUT2D eigenvalue weighted by atomic mass is 10.2. The Labute approximate surface area is 120 Å². The molecule has 0 aromatic heterocycles. The second-order valence-electron chi connectivity index (χ2n) is 3.86. The molecule has 0 radical (unpaired) electrons. The van der Waals surface area contributed by atoms with Crippen LogP contribution in [0.3, 0.4) is 0 Å². The van der Waals surface area contributed by atoms with Gasteiger partial charge in [-0.15, -0.1) is 0 Å². The van der Waals surface area contributed by atoms with Crippen molar-refractivity contribution in [2.24, 2.45) is 0 Å². The molecule has 102 valence electrons. The minimum atomic E-state index is -3.91. The number of anilines is 1. The number of nitriles is 1. The maximum atomic E-state index is 12.8. The van der Waals surface area contributed by atoms with E-state index in [1.54, 1.807) is 0 Å². The predicted molar refractivity (Wildman–Crippen MR) is 73.4 cm³/mol. The van der Waals surface area contributed by atoms with Crippen LogP contribution in [-0.4, -0.2) is 8.42 Å². The fourth-order valence-corrected chi connectivity index (χ4v) is 2.76. The van der Waals surface area contributed by atoms with Gasteiger partial charge in [0.15, 0.2) is 0 Å². The van der Waals surface area contributed by atoms with Crippen molar-refractivity contribution in [3.63, 3.8) is 0 Å². The van der Waals surface area contributed by atoms with Gasteiger partial charge < -0.3 is 0 Å². The van der Waals surface area contributed by atoms with Crippen LogP contribution in [0, 0.1) is 17.1 Å². The van der Waals surface area contributed by atoms with E-state index in [9.17, 15) is 12.8 Å². The number of hydrogen-bond donors (Lipinski definition) is 1. The largest absolute Gasteiger partial charge is 0.278 e. The molecule has 1 N–H and O–H groups in total. The predicted octanol–water partition coefficient (Wildman–Crippen LogP) is 3.15. The molecule has 0 unspecified atom stereocenters. The number of nitrogens with one attached hydrogen (secondary N) is 1. The van der Waals surface area contributed by atoms with Crippen molar-refractivity contribution in [3.05, 3.63) is 58.9 Å². The summed E-state index contributed by atoms with van der Waals surface area (Å²) in [6.45, 7) is 0. The Bertz CT molecular complexity index is 783. The van der Waals surface area contributed by atoms with Crippen molar-refractivity contribution < 1.29 is 12.8 Å². The highest BCUT2D eigenvalue weighted by Crippen LogP contribution is 2.23. The van der Waals surface area contributed by atoms with E-state index >= 15 is 0 Å². The second kappa shape index (κ2) is 5.49. The normalized spacial score (nSPS) is 10.8. The lowest BCUT2D eigenvalue weighted by Crippen LogP contribution is -2.13. The minimum absolute atomic E-state index is 0.0734. The average molecular weight is 311 g/mol. The van der Waals surface area contributed by atoms with Gasteiger partial charge in [-0.3, -0.25) is 4.72 Å². The molecule has 2 aromatic rings. The summed E-state index contributed by atoms with van der Waals surface area (Å²) in [4.78, 5) is -0.109. The number of halogens is 2. The van der Waals surface area contributed by atoms with Crippen LogP contribution in [0.15, 0.2) is 47.4 Å². The molecule has 0 amide bonds. The standard InChI is InChI=1S/C13H8ClFN2O2S/c14-10-2-1-9(8-16)13(7-10)17-20(18,19)12-5-3-11(15)4-6-12/h1-7,17H. The van der Waals surface area contributed by atoms with Gasteiger partial charge in [-0.1, -0.05) is 11.6 Å². The Balaban J connectivity index is 2.41. The zero-order chi connectivity index (χ0) is 14.8. The minimum Gasteiger partial charge on any atom is -0.278 e. The third-order valence-corrected chi connectivity index (χ3v) is 4.09. The number of benzene rings is 2. The Kier molecular flexibility index (Phi) is 3.93. The van der Waals surface area contributed by atoms with E-state index in [4.69, 9.17) is 16.9 Å². The van der Waals surface area contributed by atoms with E-state index in [0.717, 1.165) is 24.3 Å². The van der Waals surface area contributed by atoms with Gasteiger partial charge in [-0.25, -0.2) is 12.8 Å². The first-order valence-electron chi connectivity index (χ1n) is 5.40. The third-order valence-electron chi connectivity index (χ3n) is 2.47. The highest BCUT2D eigenvalue weighted by atomic mass is 35.5. The van der Waals surface area contributed by atoms with Gasteiger partial charge in [-0.05, 0) is 42.5 Å². The lowest BCUT2D eigenvalue weighted by Gasteiger charge is -2.09. The maximum absolute atomic E-state index is 12.8. The number of nitrogens with zero attached hydrogens (tertiary/aromatic N) is 1. The molecule has 0 heterocycles. The van der Waals surface area contributed by atoms with Crippen molar-refractivity contribution in [2.75, 3.05) is 4.72 Å². The summed E-state index contributed by atoms with van der Waals surface area (Å²) in [6, 6.07) is 10.4. The van der Waals surface area contributed by atoms with Crippen LogP contribution in [0.1, 0.15) is 5.56 Å². The highest BCUT2D eigenvalue weighted by Gasteiger charge is 2.16. The molecule has 0 fully saturated rings. The number of rotatable bonds is 3. The second-order valence-corrected chi connectivity index (χ2v) is 5.98. The summed E-state index contributed by atoms with van der Waals surface area (Å²) in [7, 11) is -3.91. The molecular formula is C13H8ClFN2O2S. The molecule has 0 atom stereocenters. The quantitative estimate of drug-likeness (QED) is 0.946. The molecule has 7 heteroatoms. The van der Waals surface area contributed by atoms with Crippen LogP contribution < -0.4 is 4.72 Å². The van der Waals surface area contributed by atoms with E-state index in [1.807, 2.05) is 6.07 Å². The fourth-order valence-electron chi connectivity index (χ4n) is 1.52. The molecule has 0 bridgehead atoms. The Morgan fingerprint density at radius 1 is 1.15 bits per heavy atom. The first kappa shape index (κ1) is 14.3. The molecule has 0 saturated heterocycles. The van der Waals surface area contributed by atoms with E-state index in [1.165, 1.54) is 18.2 Å². The molecule has 20 heavy (non-hydrogen) atoms. The van der Waals surface area contributed by atoms with Gasteiger partial charge in [0.2, 0.25) is 0 Å². The number of hydrogen-bond acceptors (Lipinski definition) is 3. The summed E-state index contributed by atoms with van der Waals surface area (Å²) in [5.74, 6) is -0.538. The maximum Gasteiger partial charge on any atom is 0.261 e. The van der Waals surface area contributed by atoms with Gasteiger partial charge in [0.25, 0.3) is 10.0 Å². The molecule has 0 saturated carbocycles. The zero-order valence-corrected chi connectivity index (χ0v) is 11.5. The summed E-state index contributed by atoms with van der Waals surface area (Å²) in [6.07, 6.45) is 0. The number of sulfonamides is 1. The Hall–Kier alpha value is -2.10. The summed E-state index contributed by atoms with van der Waals surface area (Å²) >= 11 is 5.78. The van der Waals surface area contributed by atoms with E-state index in [-0.39, 0.29) is 16.1 Å². The Morgan fingerprint density at radius 3 is 2.40 bits per heavy atom. The van der Waals surface area contributed by atoms with Gasteiger partial charge in [-0.2, -0.15) is 5.26 Å². The van der Waals surface area contributed by atoms with Gasteiger partial charge in [0.1, 0.15) is 11.9 Å². The first-order chi connectivity index (χ1) is 9.42. The molecule has 0 spiro atoms. The van der Waals surface area contributed by atoms with Crippen molar-refractivity contribution in [1.82, 2.24) is 0 Å². The van der Waals surface area contributed by atoms with Crippen molar-refractivity contribution >= 4 is 27.3 Å². The van der Waals surface area contributed by atoms with Crippen LogP contribution in [0.4, 0.5) is 10.1 Å².